The van der Waals surface area contributed by atoms with Crippen LogP contribution in [-0.4, -0.2) is 11.5 Å². The highest BCUT2D eigenvalue weighted by atomic mass is 35.5. The number of anilines is 1. The second-order valence-corrected chi connectivity index (χ2v) is 4.80. The molecule has 0 aromatic carbocycles. The Hall–Kier alpha value is -0.800. The lowest BCUT2D eigenvalue weighted by molar-refractivity contribution is 0.439. The van der Waals surface area contributed by atoms with Crippen LogP contribution in [0, 0.1) is 5.92 Å². The molecular formula is C12H20ClN3. The van der Waals surface area contributed by atoms with Crippen LogP contribution in [0.5, 0.6) is 0 Å². The van der Waals surface area contributed by atoms with Crippen molar-refractivity contribution < 1.29 is 0 Å². The SMILES string of the molecule is CCNC(CC(C)C)c1cc(Cl)cnc1N. The first-order chi connectivity index (χ1) is 7.54. The molecule has 1 heterocycles. The van der Waals surface area contributed by atoms with Crippen LogP contribution in [0.1, 0.15) is 38.8 Å². The Morgan fingerprint density at radius 2 is 2.19 bits per heavy atom. The number of nitrogen functional groups attached to an aromatic ring is 1. The van der Waals surface area contributed by atoms with Crippen molar-refractivity contribution in [1.82, 2.24) is 10.3 Å². The molecule has 0 radical (unpaired) electrons. The topological polar surface area (TPSA) is 50.9 Å². The zero-order valence-electron chi connectivity index (χ0n) is 10.1. The Morgan fingerprint density at radius 1 is 1.50 bits per heavy atom. The van der Waals surface area contributed by atoms with Crippen molar-refractivity contribution in [3.05, 3.63) is 22.8 Å². The molecule has 1 unspecified atom stereocenters. The van der Waals surface area contributed by atoms with E-state index in [-0.39, 0.29) is 6.04 Å². The minimum atomic E-state index is 0.233. The first-order valence-electron chi connectivity index (χ1n) is 5.68. The summed E-state index contributed by atoms with van der Waals surface area (Å²) in [5.41, 5.74) is 6.89. The number of aromatic nitrogens is 1. The Balaban J connectivity index is 2.94. The average molecular weight is 242 g/mol. The van der Waals surface area contributed by atoms with Crippen LogP contribution in [-0.2, 0) is 0 Å². The molecule has 1 atom stereocenters. The van der Waals surface area contributed by atoms with Gasteiger partial charge in [0.2, 0.25) is 0 Å². The second kappa shape index (κ2) is 6.06. The molecule has 1 rings (SSSR count). The second-order valence-electron chi connectivity index (χ2n) is 4.37. The molecule has 0 bridgehead atoms. The van der Waals surface area contributed by atoms with E-state index in [0.717, 1.165) is 18.5 Å². The number of rotatable bonds is 5. The third kappa shape index (κ3) is 3.65. The van der Waals surface area contributed by atoms with Crippen LogP contribution in [0.2, 0.25) is 5.02 Å². The number of hydrogen-bond donors (Lipinski definition) is 2. The van der Waals surface area contributed by atoms with E-state index in [2.05, 4.69) is 31.1 Å². The molecule has 90 valence electrons. The number of nitrogens with one attached hydrogen (secondary N) is 1. The van der Waals surface area contributed by atoms with Crippen LogP contribution in [0.3, 0.4) is 0 Å². The summed E-state index contributed by atoms with van der Waals surface area (Å²) >= 11 is 5.95. The fourth-order valence-electron chi connectivity index (χ4n) is 1.78. The lowest BCUT2D eigenvalue weighted by Crippen LogP contribution is -2.23. The predicted octanol–water partition coefficient (Wildman–Crippen LogP) is 3.01. The zero-order valence-corrected chi connectivity index (χ0v) is 10.9. The molecule has 3 N–H and O–H groups in total. The molecule has 0 saturated heterocycles. The van der Waals surface area contributed by atoms with Crippen molar-refractivity contribution >= 4 is 17.4 Å². The van der Waals surface area contributed by atoms with Crippen molar-refractivity contribution in [3.63, 3.8) is 0 Å². The van der Waals surface area contributed by atoms with E-state index in [0.29, 0.717) is 16.8 Å². The summed E-state index contributed by atoms with van der Waals surface area (Å²) in [6.07, 6.45) is 2.61. The molecule has 0 spiro atoms. The van der Waals surface area contributed by atoms with Crippen molar-refractivity contribution in [1.29, 1.82) is 0 Å². The summed E-state index contributed by atoms with van der Waals surface area (Å²) in [6.45, 7) is 7.38. The van der Waals surface area contributed by atoms with Crippen LogP contribution < -0.4 is 11.1 Å². The van der Waals surface area contributed by atoms with Gasteiger partial charge in [-0.1, -0.05) is 32.4 Å². The fraction of sp³-hybridized carbons (Fsp3) is 0.583. The first-order valence-corrected chi connectivity index (χ1v) is 6.06. The van der Waals surface area contributed by atoms with Gasteiger partial charge in [0.05, 0.1) is 5.02 Å². The van der Waals surface area contributed by atoms with Gasteiger partial charge in [-0.2, -0.15) is 0 Å². The van der Waals surface area contributed by atoms with E-state index in [1.165, 1.54) is 0 Å². The number of pyridine rings is 1. The van der Waals surface area contributed by atoms with Crippen LogP contribution in [0.15, 0.2) is 12.3 Å². The summed E-state index contributed by atoms with van der Waals surface area (Å²) in [5.74, 6) is 1.17. The number of halogens is 1. The van der Waals surface area contributed by atoms with Gasteiger partial charge < -0.3 is 11.1 Å². The summed E-state index contributed by atoms with van der Waals surface area (Å²) in [6, 6.07) is 2.13. The van der Waals surface area contributed by atoms with E-state index in [9.17, 15) is 0 Å². The maximum Gasteiger partial charge on any atom is 0.128 e. The van der Waals surface area contributed by atoms with Gasteiger partial charge >= 0.3 is 0 Å². The number of nitrogens with zero attached hydrogens (tertiary/aromatic N) is 1. The Bertz CT molecular complexity index is 339. The third-order valence-electron chi connectivity index (χ3n) is 2.45. The Labute approximate surface area is 102 Å². The predicted molar refractivity (Wildman–Crippen MR) is 69.5 cm³/mol. The van der Waals surface area contributed by atoms with Gasteiger partial charge in [-0.15, -0.1) is 0 Å². The first kappa shape index (κ1) is 13.3. The van der Waals surface area contributed by atoms with Crippen molar-refractivity contribution in [3.8, 4) is 0 Å². The summed E-state index contributed by atoms with van der Waals surface area (Å²) < 4.78 is 0. The van der Waals surface area contributed by atoms with E-state index in [4.69, 9.17) is 17.3 Å². The van der Waals surface area contributed by atoms with E-state index < -0.39 is 0 Å². The number of hydrogen-bond acceptors (Lipinski definition) is 3. The molecule has 16 heavy (non-hydrogen) atoms. The van der Waals surface area contributed by atoms with Gasteiger partial charge in [0, 0.05) is 17.8 Å². The van der Waals surface area contributed by atoms with Crippen LogP contribution in [0.25, 0.3) is 0 Å². The van der Waals surface area contributed by atoms with Gasteiger partial charge in [0.15, 0.2) is 0 Å². The van der Waals surface area contributed by atoms with Crippen LogP contribution >= 0.6 is 11.6 Å². The van der Waals surface area contributed by atoms with Gasteiger partial charge in [0.25, 0.3) is 0 Å². The molecular weight excluding hydrogens is 222 g/mol. The van der Waals surface area contributed by atoms with Gasteiger partial charge in [-0.05, 0) is 24.9 Å². The molecule has 0 aliphatic carbocycles. The number of nitrogens with two attached hydrogens (primary N) is 1. The summed E-state index contributed by atoms with van der Waals surface area (Å²) in [5, 5.41) is 4.05. The normalized spacial score (nSPS) is 13.1. The fourth-order valence-corrected chi connectivity index (χ4v) is 1.95. The highest BCUT2D eigenvalue weighted by Crippen LogP contribution is 2.26. The highest BCUT2D eigenvalue weighted by Gasteiger charge is 2.16. The van der Waals surface area contributed by atoms with E-state index >= 15 is 0 Å². The van der Waals surface area contributed by atoms with Crippen molar-refractivity contribution in [2.75, 3.05) is 12.3 Å². The Kier molecular flexibility index (Phi) is 5.03. The van der Waals surface area contributed by atoms with E-state index in [1.54, 1.807) is 6.20 Å². The molecule has 1 aromatic rings. The molecule has 0 aliphatic heterocycles. The zero-order chi connectivity index (χ0) is 12.1. The Morgan fingerprint density at radius 3 is 2.75 bits per heavy atom. The smallest absolute Gasteiger partial charge is 0.128 e. The lowest BCUT2D eigenvalue weighted by Gasteiger charge is -2.21. The molecule has 0 fully saturated rings. The molecule has 0 saturated carbocycles. The lowest BCUT2D eigenvalue weighted by atomic mass is 9.97. The molecule has 0 amide bonds. The average Bonchev–Trinajstić information content (AvgIpc) is 2.20. The standard InChI is InChI=1S/C12H20ClN3/c1-4-15-11(5-8(2)3)10-6-9(13)7-16-12(10)14/h6-8,11,15H,4-5H2,1-3H3,(H2,14,16). The van der Waals surface area contributed by atoms with Gasteiger partial charge in [-0.25, -0.2) is 4.98 Å². The van der Waals surface area contributed by atoms with Crippen molar-refractivity contribution in [2.24, 2.45) is 5.92 Å². The third-order valence-corrected chi connectivity index (χ3v) is 2.66. The maximum absolute atomic E-state index is 5.95. The minimum absolute atomic E-state index is 0.233. The van der Waals surface area contributed by atoms with Gasteiger partial charge in [0.1, 0.15) is 5.82 Å². The summed E-state index contributed by atoms with van der Waals surface area (Å²) in [4.78, 5) is 4.09. The highest BCUT2D eigenvalue weighted by molar-refractivity contribution is 6.30. The minimum Gasteiger partial charge on any atom is -0.383 e. The summed E-state index contributed by atoms with van der Waals surface area (Å²) in [7, 11) is 0. The molecule has 0 aliphatic rings. The molecule has 3 nitrogen and oxygen atoms in total. The van der Waals surface area contributed by atoms with Gasteiger partial charge in [-0.3, -0.25) is 0 Å². The maximum atomic E-state index is 5.95. The quantitative estimate of drug-likeness (QED) is 0.833. The molecule has 4 heteroatoms. The molecule has 1 aromatic heterocycles. The van der Waals surface area contributed by atoms with Crippen molar-refractivity contribution in [2.45, 2.75) is 33.2 Å². The monoisotopic (exact) mass is 241 g/mol. The van der Waals surface area contributed by atoms with Crippen LogP contribution in [0.4, 0.5) is 5.82 Å². The largest absolute Gasteiger partial charge is 0.383 e. The van der Waals surface area contributed by atoms with E-state index in [1.807, 2.05) is 6.07 Å².